The molecule has 2 aromatic rings. The van der Waals surface area contributed by atoms with Gasteiger partial charge in [0.1, 0.15) is 0 Å². The van der Waals surface area contributed by atoms with E-state index in [1.54, 1.807) is 4.90 Å². The monoisotopic (exact) mass is 473 g/mol. The van der Waals surface area contributed by atoms with Crippen LogP contribution < -0.4 is 10.9 Å². The number of hydrogen-bond donors (Lipinski definition) is 2. The normalized spacial score (nSPS) is 19.3. The smallest absolute Gasteiger partial charge is 0.279 e. The van der Waals surface area contributed by atoms with E-state index in [4.69, 9.17) is 0 Å². The van der Waals surface area contributed by atoms with Crippen molar-refractivity contribution < 1.29 is 14.4 Å². The molecular formula is C24H31N3O3S2. The van der Waals surface area contributed by atoms with Crippen LogP contribution in [0.4, 0.5) is 0 Å². The Morgan fingerprint density at radius 3 is 2.47 bits per heavy atom. The van der Waals surface area contributed by atoms with Crippen LogP contribution >= 0.6 is 22.7 Å². The summed E-state index contributed by atoms with van der Waals surface area (Å²) < 4.78 is 0. The summed E-state index contributed by atoms with van der Waals surface area (Å²) in [5.41, 5.74) is 6.74. The van der Waals surface area contributed by atoms with Crippen molar-refractivity contribution in [1.29, 1.82) is 0 Å². The van der Waals surface area contributed by atoms with E-state index in [9.17, 15) is 14.4 Å². The Kier molecular flexibility index (Phi) is 6.72. The Bertz CT molecular complexity index is 983. The van der Waals surface area contributed by atoms with Crippen molar-refractivity contribution in [3.05, 3.63) is 43.8 Å². The van der Waals surface area contributed by atoms with Gasteiger partial charge >= 0.3 is 0 Å². The number of rotatable bonds is 3. The number of amides is 3. The quantitative estimate of drug-likeness (QED) is 0.654. The standard InChI is InChI=1S/C24H31N3O3S2/c1-24(2,3)17-6-7-18-16(13-17)14-20(32-18)22(29)26-25-21(28)15-8-10-27(11-9-15)23(30)19-5-4-12-31-19/h4-5,12,14-15,17H,6-11,13H2,1-3H3,(H,25,28)(H,26,29)/t17-/m1/s1. The maximum absolute atomic E-state index is 12.6. The predicted molar refractivity (Wildman–Crippen MR) is 128 cm³/mol. The van der Waals surface area contributed by atoms with Gasteiger partial charge in [-0.15, -0.1) is 22.7 Å². The summed E-state index contributed by atoms with van der Waals surface area (Å²) in [5.74, 6) is 0.0122. The van der Waals surface area contributed by atoms with E-state index < -0.39 is 0 Å². The number of hydrazine groups is 1. The topological polar surface area (TPSA) is 78.5 Å². The number of carbonyl (C=O) groups excluding carboxylic acids is 3. The maximum Gasteiger partial charge on any atom is 0.279 e. The van der Waals surface area contributed by atoms with E-state index in [1.807, 2.05) is 23.6 Å². The first-order valence-corrected chi connectivity index (χ1v) is 13.0. The molecule has 8 heteroatoms. The van der Waals surface area contributed by atoms with Crippen molar-refractivity contribution in [1.82, 2.24) is 15.8 Å². The van der Waals surface area contributed by atoms with Gasteiger partial charge in [-0.05, 0) is 66.5 Å². The second-order valence-corrected chi connectivity index (χ2v) is 11.9. The fourth-order valence-electron chi connectivity index (χ4n) is 4.56. The third-order valence-electron chi connectivity index (χ3n) is 6.72. The predicted octanol–water partition coefficient (Wildman–Crippen LogP) is 4.27. The fourth-order valence-corrected chi connectivity index (χ4v) is 6.35. The molecular weight excluding hydrogens is 442 g/mol. The lowest BCUT2D eigenvalue weighted by Crippen LogP contribution is -2.48. The molecule has 1 atom stereocenters. The Morgan fingerprint density at radius 1 is 1.06 bits per heavy atom. The lowest BCUT2D eigenvalue weighted by atomic mass is 9.72. The van der Waals surface area contributed by atoms with E-state index in [-0.39, 0.29) is 29.1 Å². The number of fused-ring (bicyclic) bond motifs is 1. The van der Waals surface area contributed by atoms with E-state index in [0.717, 1.165) is 24.1 Å². The molecule has 0 aromatic carbocycles. The largest absolute Gasteiger partial charge is 0.338 e. The third-order valence-corrected chi connectivity index (χ3v) is 8.81. The second kappa shape index (κ2) is 9.35. The van der Waals surface area contributed by atoms with Crippen LogP contribution in [0.25, 0.3) is 0 Å². The van der Waals surface area contributed by atoms with Gasteiger partial charge in [0.15, 0.2) is 0 Å². The molecule has 0 unspecified atom stereocenters. The highest BCUT2D eigenvalue weighted by atomic mass is 32.1. The number of nitrogens with one attached hydrogen (secondary N) is 2. The molecule has 1 fully saturated rings. The van der Waals surface area contributed by atoms with Crippen LogP contribution in [0.2, 0.25) is 0 Å². The van der Waals surface area contributed by atoms with Crippen molar-refractivity contribution in [2.45, 2.75) is 52.9 Å². The molecule has 1 aliphatic carbocycles. The number of thiophene rings is 2. The molecule has 0 radical (unpaired) electrons. The summed E-state index contributed by atoms with van der Waals surface area (Å²) in [6.07, 6.45) is 4.38. The minimum Gasteiger partial charge on any atom is -0.338 e. The molecule has 2 aromatic heterocycles. The minimum atomic E-state index is -0.254. The van der Waals surface area contributed by atoms with Crippen LogP contribution in [0.15, 0.2) is 23.6 Å². The maximum atomic E-state index is 12.6. The highest BCUT2D eigenvalue weighted by molar-refractivity contribution is 7.14. The van der Waals surface area contributed by atoms with Crippen molar-refractivity contribution in [3.8, 4) is 0 Å². The molecule has 1 saturated heterocycles. The first-order chi connectivity index (χ1) is 15.2. The van der Waals surface area contributed by atoms with E-state index in [0.29, 0.717) is 36.7 Å². The molecule has 0 saturated carbocycles. The van der Waals surface area contributed by atoms with Gasteiger partial charge in [0.25, 0.3) is 11.8 Å². The zero-order chi connectivity index (χ0) is 22.9. The minimum absolute atomic E-state index is 0.0301. The Morgan fingerprint density at radius 2 is 1.81 bits per heavy atom. The van der Waals surface area contributed by atoms with Crippen LogP contribution in [-0.2, 0) is 17.6 Å². The molecule has 3 heterocycles. The first kappa shape index (κ1) is 23.0. The van der Waals surface area contributed by atoms with Gasteiger partial charge < -0.3 is 4.90 Å². The highest BCUT2D eigenvalue weighted by Gasteiger charge is 2.31. The molecule has 2 N–H and O–H groups in total. The summed E-state index contributed by atoms with van der Waals surface area (Å²) >= 11 is 2.97. The van der Waals surface area contributed by atoms with Crippen molar-refractivity contribution in [2.75, 3.05) is 13.1 Å². The summed E-state index contributed by atoms with van der Waals surface area (Å²) in [5, 5.41) is 1.89. The van der Waals surface area contributed by atoms with E-state index >= 15 is 0 Å². The lowest BCUT2D eigenvalue weighted by molar-refractivity contribution is -0.127. The van der Waals surface area contributed by atoms with Gasteiger partial charge in [0.05, 0.1) is 9.75 Å². The molecule has 1 aliphatic heterocycles. The zero-order valence-corrected chi connectivity index (χ0v) is 20.5. The number of hydrogen-bond acceptors (Lipinski definition) is 5. The van der Waals surface area contributed by atoms with Crippen molar-refractivity contribution in [3.63, 3.8) is 0 Å². The van der Waals surface area contributed by atoms with E-state index in [2.05, 4.69) is 31.6 Å². The van der Waals surface area contributed by atoms with Crippen LogP contribution in [-0.4, -0.2) is 35.7 Å². The molecule has 0 bridgehead atoms. The summed E-state index contributed by atoms with van der Waals surface area (Å²) in [7, 11) is 0. The zero-order valence-electron chi connectivity index (χ0n) is 18.9. The van der Waals surface area contributed by atoms with E-state index in [1.165, 1.54) is 33.1 Å². The van der Waals surface area contributed by atoms with Crippen LogP contribution in [0, 0.1) is 17.3 Å². The SMILES string of the molecule is CC(C)(C)[C@@H]1CCc2sc(C(=O)NNC(=O)C3CCN(C(=O)c4cccs4)CC3)cc2C1. The summed E-state index contributed by atoms with van der Waals surface area (Å²) in [6.45, 7) is 7.94. The van der Waals surface area contributed by atoms with Crippen LogP contribution in [0.1, 0.15) is 69.8 Å². The van der Waals surface area contributed by atoms with Gasteiger partial charge in [-0.2, -0.15) is 0 Å². The number of aryl methyl sites for hydroxylation is 1. The average molecular weight is 474 g/mol. The Hall–Kier alpha value is -2.19. The first-order valence-electron chi connectivity index (χ1n) is 11.3. The second-order valence-electron chi connectivity index (χ2n) is 9.85. The van der Waals surface area contributed by atoms with Crippen LogP contribution in [0.3, 0.4) is 0 Å². The summed E-state index contributed by atoms with van der Waals surface area (Å²) in [4.78, 5) is 42.1. The molecule has 2 aliphatic rings. The average Bonchev–Trinajstić information content (AvgIpc) is 3.45. The molecule has 6 nitrogen and oxygen atoms in total. The van der Waals surface area contributed by atoms with Gasteiger partial charge in [-0.1, -0.05) is 26.8 Å². The molecule has 32 heavy (non-hydrogen) atoms. The fraction of sp³-hybridized carbons (Fsp3) is 0.542. The lowest BCUT2D eigenvalue weighted by Gasteiger charge is -2.33. The molecule has 3 amide bonds. The molecule has 0 spiro atoms. The van der Waals surface area contributed by atoms with Crippen molar-refractivity contribution in [2.24, 2.45) is 17.3 Å². The third kappa shape index (κ3) is 5.07. The molecule has 4 rings (SSSR count). The highest BCUT2D eigenvalue weighted by Crippen LogP contribution is 2.40. The Labute approximate surface area is 197 Å². The number of piperidine rings is 1. The molecule has 172 valence electrons. The van der Waals surface area contributed by atoms with Gasteiger partial charge in [0.2, 0.25) is 5.91 Å². The van der Waals surface area contributed by atoms with Gasteiger partial charge in [-0.3, -0.25) is 25.2 Å². The Balaban J connectivity index is 1.26. The van der Waals surface area contributed by atoms with Gasteiger partial charge in [0, 0.05) is 23.9 Å². The number of likely N-dealkylation sites (tertiary alicyclic amines) is 1. The van der Waals surface area contributed by atoms with Crippen molar-refractivity contribution >= 4 is 40.4 Å². The van der Waals surface area contributed by atoms with Crippen LogP contribution in [0.5, 0.6) is 0 Å². The number of carbonyl (C=O) groups is 3. The summed E-state index contributed by atoms with van der Waals surface area (Å²) in [6, 6.07) is 5.69. The number of nitrogens with zero attached hydrogens (tertiary/aromatic N) is 1. The van der Waals surface area contributed by atoms with Gasteiger partial charge in [-0.25, -0.2) is 0 Å².